The first-order valence-electron chi connectivity index (χ1n) is 4.15. The summed E-state index contributed by atoms with van der Waals surface area (Å²) >= 11 is 0. The minimum absolute atomic E-state index is 1.65. The molecule has 0 aromatic rings. The van der Waals surface area contributed by atoms with Crippen LogP contribution in [0.4, 0.5) is 0 Å². The van der Waals surface area contributed by atoms with Crippen molar-refractivity contribution >= 4 is 0 Å². The van der Waals surface area contributed by atoms with E-state index in [1.54, 1.807) is 6.08 Å². The predicted molar refractivity (Wildman–Crippen MR) is 55.5 cm³/mol. The highest BCUT2D eigenvalue weighted by Crippen LogP contribution is 1.71. The number of hydrogen-bond acceptors (Lipinski definition) is 0. The van der Waals surface area contributed by atoms with Crippen LogP contribution in [0.2, 0.25) is 0 Å². The van der Waals surface area contributed by atoms with Gasteiger partial charge >= 0.3 is 0 Å². The third-order valence-electron chi connectivity index (χ3n) is 0.496. The van der Waals surface area contributed by atoms with E-state index >= 15 is 0 Å². The summed E-state index contributed by atoms with van der Waals surface area (Å²) in [5.41, 5.74) is 0. The summed E-state index contributed by atoms with van der Waals surface area (Å²) in [5.74, 6) is 2.37. The molecule has 0 atom stereocenters. The molecule has 0 heterocycles. The van der Waals surface area contributed by atoms with Crippen LogP contribution in [0.5, 0.6) is 0 Å². The van der Waals surface area contributed by atoms with Gasteiger partial charge in [-0.05, 0) is 13.0 Å². The van der Waals surface area contributed by atoms with Crippen molar-refractivity contribution in [1.29, 1.82) is 0 Å². The first kappa shape index (κ1) is 16.6. The summed E-state index contributed by atoms with van der Waals surface area (Å²) in [7, 11) is 0. The van der Waals surface area contributed by atoms with Crippen LogP contribution in [0.3, 0.4) is 0 Å². The molecule has 0 aromatic heterocycles. The van der Waals surface area contributed by atoms with E-state index in [0.717, 1.165) is 0 Å². The van der Waals surface area contributed by atoms with E-state index in [4.69, 9.17) is 6.42 Å². The van der Waals surface area contributed by atoms with Crippen molar-refractivity contribution < 1.29 is 0 Å². The van der Waals surface area contributed by atoms with Gasteiger partial charge in [-0.15, -0.1) is 6.42 Å². The zero-order valence-corrected chi connectivity index (χ0v) is 8.39. The van der Waals surface area contributed by atoms with Crippen LogP contribution in [0, 0.1) is 12.3 Å². The SMILES string of the molecule is C#C/C=C\C=C/C.CC.CC. The molecule has 0 aliphatic carbocycles. The maximum absolute atomic E-state index is 4.90. The average molecular weight is 152 g/mol. The number of allylic oxidation sites excluding steroid dienone is 4. The second kappa shape index (κ2) is 35.8. The Morgan fingerprint density at radius 3 is 1.73 bits per heavy atom. The first-order valence-corrected chi connectivity index (χ1v) is 4.15. The van der Waals surface area contributed by atoms with Gasteiger partial charge in [-0.2, -0.15) is 0 Å². The highest BCUT2D eigenvalue weighted by molar-refractivity contribution is 5.14. The van der Waals surface area contributed by atoms with E-state index in [2.05, 4.69) is 5.92 Å². The lowest BCUT2D eigenvalue weighted by molar-refractivity contribution is 1.50. The molecule has 0 aromatic carbocycles. The van der Waals surface area contributed by atoms with Crippen molar-refractivity contribution in [3.05, 3.63) is 24.3 Å². The van der Waals surface area contributed by atoms with E-state index in [0.29, 0.717) is 0 Å². The van der Waals surface area contributed by atoms with E-state index < -0.39 is 0 Å². The molecule has 0 aliphatic heterocycles. The van der Waals surface area contributed by atoms with Gasteiger partial charge in [0.1, 0.15) is 0 Å². The van der Waals surface area contributed by atoms with Crippen LogP contribution in [-0.2, 0) is 0 Å². The minimum Gasteiger partial charge on any atom is -0.115 e. The highest BCUT2D eigenvalue weighted by atomic mass is 13.6. The third kappa shape index (κ3) is 48.5. The molecule has 0 rings (SSSR count). The lowest BCUT2D eigenvalue weighted by Gasteiger charge is -1.63. The van der Waals surface area contributed by atoms with E-state index in [1.807, 2.05) is 52.8 Å². The van der Waals surface area contributed by atoms with Gasteiger partial charge in [-0.1, -0.05) is 51.8 Å². The molecule has 0 unspecified atom stereocenters. The largest absolute Gasteiger partial charge is 0.115 e. The quantitative estimate of drug-likeness (QED) is 0.396. The van der Waals surface area contributed by atoms with Crippen LogP contribution >= 0.6 is 0 Å². The second-order valence-electron chi connectivity index (χ2n) is 1.05. The van der Waals surface area contributed by atoms with Crippen molar-refractivity contribution in [2.75, 3.05) is 0 Å². The topological polar surface area (TPSA) is 0 Å². The average Bonchev–Trinajstić information content (AvgIpc) is 2.13. The molecule has 0 fully saturated rings. The number of terminal acetylenes is 1. The molecule has 0 spiro atoms. The lowest BCUT2D eigenvalue weighted by Crippen LogP contribution is -1.44. The van der Waals surface area contributed by atoms with Gasteiger partial charge in [-0.25, -0.2) is 0 Å². The minimum atomic E-state index is 1.65. The molecule has 11 heavy (non-hydrogen) atoms. The molecular weight excluding hydrogens is 132 g/mol. The zero-order valence-electron chi connectivity index (χ0n) is 8.39. The molecule has 64 valence electrons. The van der Waals surface area contributed by atoms with E-state index in [-0.39, 0.29) is 0 Å². The fraction of sp³-hybridized carbons (Fsp3) is 0.455. The molecule has 0 amide bonds. The molecule has 0 saturated heterocycles. The zero-order chi connectivity index (χ0) is 9.54. The Morgan fingerprint density at radius 2 is 1.45 bits per heavy atom. The Hall–Kier alpha value is -0.960. The Bertz CT molecular complexity index is 110. The van der Waals surface area contributed by atoms with Gasteiger partial charge in [0.25, 0.3) is 0 Å². The second-order valence-corrected chi connectivity index (χ2v) is 1.05. The van der Waals surface area contributed by atoms with Crippen molar-refractivity contribution in [3.63, 3.8) is 0 Å². The lowest BCUT2D eigenvalue weighted by atomic mass is 10.4. The summed E-state index contributed by atoms with van der Waals surface area (Å²) in [4.78, 5) is 0. The van der Waals surface area contributed by atoms with Gasteiger partial charge in [-0.3, -0.25) is 0 Å². The van der Waals surface area contributed by atoms with Crippen molar-refractivity contribution in [3.8, 4) is 12.3 Å². The van der Waals surface area contributed by atoms with Crippen LogP contribution < -0.4 is 0 Å². The normalized spacial score (nSPS) is 7.64. The maximum Gasteiger partial charge on any atom is -0.0122 e. The van der Waals surface area contributed by atoms with Crippen molar-refractivity contribution in [2.45, 2.75) is 34.6 Å². The Labute approximate surface area is 72.0 Å². The molecular formula is C11H20. The number of hydrogen-bond donors (Lipinski definition) is 0. The molecule has 0 aliphatic rings. The molecule has 0 radical (unpaired) electrons. The molecule has 0 heteroatoms. The van der Waals surface area contributed by atoms with Gasteiger partial charge in [0, 0.05) is 0 Å². The molecule has 0 nitrogen and oxygen atoms in total. The van der Waals surface area contributed by atoms with Gasteiger partial charge in [0.05, 0.1) is 0 Å². The van der Waals surface area contributed by atoms with E-state index in [1.165, 1.54) is 0 Å². The van der Waals surface area contributed by atoms with Gasteiger partial charge < -0.3 is 0 Å². The maximum atomic E-state index is 4.90. The molecule has 0 saturated carbocycles. The summed E-state index contributed by atoms with van der Waals surface area (Å²) in [6.07, 6.45) is 12.2. The standard InChI is InChI=1S/C7H8.2C2H6/c1-3-5-7-6-4-2;2*1-2/h1,4-7H,2H3;2*1-2H3/b6-4-,7-5-;;. The monoisotopic (exact) mass is 152 g/mol. The van der Waals surface area contributed by atoms with E-state index in [9.17, 15) is 0 Å². The summed E-state index contributed by atoms with van der Waals surface area (Å²) in [6, 6.07) is 0. The van der Waals surface area contributed by atoms with Gasteiger partial charge in [0.15, 0.2) is 0 Å². The summed E-state index contributed by atoms with van der Waals surface area (Å²) in [6.45, 7) is 9.95. The first-order chi connectivity index (χ1) is 5.41. The fourth-order valence-corrected chi connectivity index (χ4v) is 0.222. The van der Waals surface area contributed by atoms with Gasteiger partial charge in [0.2, 0.25) is 0 Å². The van der Waals surface area contributed by atoms with Crippen molar-refractivity contribution in [2.24, 2.45) is 0 Å². The Kier molecular flexibility index (Phi) is 53.9. The smallest absolute Gasteiger partial charge is 0.0122 e. The summed E-state index contributed by atoms with van der Waals surface area (Å²) < 4.78 is 0. The Morgan fingerprint density at radius 1 is 1.00 bits per heavy atom. The van der Waals surface area contributed by atoms with Crippen LogP contribution in [0.25, 0.3) is 0 Å². The van der Waals surface area contributed by atoms with Crippen LogP contribution in [0.15, 0.2) is 24.3 Å². The number of rotatable bonds is 1. The van der Waals surface area contributed by atoms with Crippen molar-refractivity contribution in [1.82, 2.24) is 0 Å². The molecule has 0 N–H and O–H groups in total. The third-order valence-corrected chi connectivity index (χ3v) is 0.496. The Balaban J connectivity index is -0.000000138. The molecule has 0 bridgehead atoms. The summed E-state index contributed by atoms with van der Waals surface area (Å²) in [5, 5.41) is 0. The van der Waals surface area contributed by atoms with Crippen LogP contribution in [0.1, 0.15) is 34.6 Å². The highest BCUT2D eigenvalue weighted by Gasteiger charge is 1.52. The van der Waals surface area contributed by atoms with Crippen LogP contribution in [-0.4, -0.2) is 0 Å². The predicted octanol–water partition coefficient (Wildman–Crippen LogP) is 3.80. The fourth-order valence-electron chi connectivity index (χ4n) is 0.222.